The molecular formula is C50H31N3O. The first-order valence-electron chi connectivity index (χ1n) is 18.2. The molecule has 0 spiro atoms. The highest BCUT2D eigenvalue weighted by atomic mass is 16.3. The van der Waals surface area contributed by atoms with Crippen molar-refractivity contribution in [1.29, 1.82) is 0 Å². The van der Waals surface area contributed by atoms with Gasteiger partial charge in [-0.2, -0.15) is 0 Å². The number of hydrogen-bond acceptors (Lipinski definition) is 3. The van der Waals surface area contributed by atoms with E-state index in [2.05, 4.69) is 168 Å². The van der Waals surface area contributed by atoms with Gasteiger partial charge in [0.05, 0.1) is 22.2 Å². The Balaban J connectivity index is 1.12. The Morgan fingerprint density at radius 3 is 1.67 bits per heavy atom. The molecule has 0 aliphatic carbocycles. The lowest BCUT2D eigenvalue weighted by Gasteiger charge is -2.11. The minimum absolute atomic E-state index is 0.702. The highest BCUT2D eigenvalue weighted by molar-refractivity contribution is 6.16. The Kier molecular flexibility index (Phi) is 6.82. The van der Waals surface area contributed by atoms with E-state index in [1.807, 2.05) is 24.3 Å². The molecule has 0 saturated carbocycles. The molecule has 11 aromatic rings. The maximum absolute atomic E-state index is 6.70. The standard InChI is InChI=1S/C50H31N3O/c1-4-13-32(14-5-1)35-23-27-44-41(29-35)42-30-36(33-15-6-2-7-16-33)24-28-45(42)53(44)37-25-26-39-47(31-37)54-46-22-12-20-40(48(39)46)49-38-19-10-11-21-43(38)51-50(52-49)34-17-8-3-9-18-34/h1-31H. The van der Waals surface area contributed by atoms with Crippen LogP contribution in [0.4, 0.5) is 0 Å². The zero-order valence-electron chi connectivity index (χ0n) is 29.1. The molecule has 0 radical (unpaired) electrons. The molecule has 0 unspecified atom stereocenters. The quantitative estimate of drug-likeness (QED) is 0.181. The van der Waals surface area contributed by atoms with Gasteiger partial charge in [-0.1, -0.05) is 133 Å². The lowest BCUT2D eigenvalue weighted by molar-refractivity contribution is 0.668. The second-order valence-electron chi connectivity index (χ2n) is 13.8. The van der Waals surface area contributed by atoms with Gasteiger partial charge < -0.3 is 8.98 Å². The third-order valence-electron chi connectivity index (χ3n) is 10.6. The van der Waals surface area contributed by atoms with Crippen LogP contribution in [0.25, 0.3) is 105 Å². The van der Waals surface area contributed by atoms with Gasteiger partial charge in [-0.15, -0.1) is 0 Å². The van der Waals surface area contributed by atoms with Gasteiger partial charge in [0, 0.05) is 49.8 Å². The third kappa shape index (κ3) is 4.85. The summed E-state index contributed by atoms with van der Waals surface area (Å²) < 4.78 is 9.07. The molecule has 0 fully saturated rings. The average Bonchev–Trinajstić information content (AvgIpc) is 3.79. The highest BCUT2D eigenvalue weighted by Crippen LogP contribution is 2.42. The van der Waals surface area contributed by atoms with Gasteiger partial charge in [0.2, 0.25) is 0 Å². The molecule has 0 amide bonds. The summed E-state index contributed by atoms with van der Waals surface area (Å²) in [6, 6.07) is 66.1. The van der Waals surface area contributed by atoms with Gasteiger partial charge in [0.15, 0.2) is 5.82 Å². The van der Waals surface area contributed by atoms with Crippen LogP contribution in [0.3, 0.4) is 0 Å². The van der Waals surface area contributed by atoms with Crippen LogP contribution in [-0.2, 0) is 0 Å². The highest BCUT2D eigenvalue weighted by Gasteiger charge is 2.20. The number of benzene rings is 8. The lowest BCUT2D eigenvalue weighted by atomic mass is 10.00. The average molecular weight is 690 g/mol. The minimum Gasteiger partial charge on any atom is -0.456 e. The van der Waals surface area contributed by atoms with E-state index in [1.165, 1.54) is 33.0 Å². The lowest BCUT2D eigenvalue weighted by Crippen LogP contribution is -1.95. The van der Waals surface area contributed by atoms with E-state index in [4.69, 9.17) is 14.4 Å². The maximum Gasteiger partial charge on any atom is 0.160 e. The number of rotatable bonds is 5. The SMILES string of the molecule is c1ccc(-c2ccc3c(c2)c2cc(-c4ccccc4)ccc2n3-c2ccc3c(c2)oc2cccc(-c4nc(-c5ccccc5)nc5ccccc45)c23)cc1. The molecule has 3 heterocycles. The summed E-state index contributed by atoms with van der Waals surface area (Å²) in [5, 5.41) is 5.52. The number of para-hydroxylation sites is 1. The van der Waals surface area contributed by atoms with Crippen LogP contribution in [0.2, 0.25) is 0 Å². The largest absolute Gasteiger partial charge is 0.456 e. The van der Waals surface area contributed by atoms with E-state index in [-0.39, 0.29) is 0 Å². The smallest absolute Gasteiger partial charge is 0.160 e. The molecule has 0 N–H and O–H groups in total. The minimum atomic E-state index is 0.702. The fourth-order valence-electron chi connectivity index (χ4n) is 8.07. The maximum atomic E-state index is 6.70. The number of aromatic nitrogens is 3. The van der Waals surface area contributed by atoms with Crippen LogP contribution in [0.1, 0.15) is 0 Å². The number of furan rings is 1. The van der Waals surface area contributed by atoms with Crippen LogP contribution >= 0.6 is 0 Å². The van der Waals surface area contributed by atoms with Crippen LogP contribution in [0, 0.1) is 0 Å². The zero-order chi connectivity index (χ0) is 35.6. The Bertz CT molecular complexity index is 3100. The van der Waals surface area contributed by atoms with Gasteiger partial charge in [0.1, 0.15) is 11.2 Å². The Hall–Kier alpha value is -7.30. The van der Waals surface area contributed by atoms with Gasteiger partial charge in [-0.05, 0) is 70.8 Å². The summed E-state index contributed by atoms with van der Waals surface area (Å²) in [6.45, 7) is 0. The molecule has 4 heteroatoms. The van der Waals surface area contributed by atoms with E-state index in [0.717, 1.165) is 66.4 Å². The van der Waals surface area contributed by atoms with Crippen LogP contribution in [0.15, 0.2) is 192 Å². The first-order chi connectivity index (χ1) is 26.8. The van der Waals surface area contributed by atoms with Crippen molar-refractivity contribution in [2.75, 3.05) is 0 Å². The van der Waals surface area contributed by atoms with Crippen molar-refractivity contribution in [1.82, 2.24) is 14.5 Å². The molecule has 0 bridgehead atoms. The summed E-state index contributed by atoms with van der Waals surface area (Å²) in [7, 11) is 0. The molecule has 0 saturated heterocycles. The molecule has 0 aliphatic rings. The predicted octanol–water partition coefficient (Wildman–Crippen LogP) is 13.3. The summed E-state index contributed by atoms with van der Waals surface area (Å²) in [6.07, 6.45) is 0. The van der Waals surface area contributed by atoms with Crippen molar-refractivity contribution < 1.29 is 4.42 Å². The summed E-state index contributed by atoms with van der Waals surface area (Å²) in [4.78, 5) is 10.2. The normalized spacial score (nSPS) is 11.7. The van der Waals surface area contributed by atoms with E-state index < -0.39 is 0 Å². The first kappa shape index (κ1) is 30.3. The molecule has 3 aromatic heterocycles. The Labute approximate surface area is 311 Å². The van der Waals surface area contributed by atoms with Gasteiger partial charge >= 0.3 is 0 Å². The number of nitrogens with zero attached hydrogens (tertiary/aromatic N) is 3. The predicted molar refractivity (Wildman–Crippen MR) is 223 cm³/mol. The molecular weight excluding hydrogens is 659 g/mol. The summed E-state index contributed by atoms with van der Waals surface area (Å²) in [5.74, 6) is 0.702. The van der Waals surface area contributed by atoms with E-state index in [1.54, 1.807) is 0 Å². The van der Waals surface area contributed by atoms with Crippen molar-refractivity contribution in [3.63, 3.8) is 0 Å². The molecule has 0 aliphatic heterocycles. The fraction of sp³-hybridized carbons (Fsp3) is 0. The number of fused-ring (bicyclic) bond motifs is 7. The van der Waals surface area contributed by atoms with Crippen LogP contribution < -0.4 is 0 Å². The molecule has 0 atom stereocenters. The van der Waals surface area contributed by atoms with Gasteiger partial charge in [-0.25, -0.2) is 9.97 Å². The van der Waals surface area contributed by atoms with E-state index >= 15 is 0 Å². The molecule has 252 valence electrons. The van der Waals surface area contributed by atoms with E-state index in [0.29, 0.717) is 5.82 Å². The third-order valence-corrected chi connectivity index (χ3v) is 10.6. The zero-order valence-corrected chi connectivity index (χ0v) is 29.1. The second kappa shape index (κ2) is 12.1. The van der Waals surface area contributed by atoms with E-state index in [9.17, 15) is 0 Å². The van der Waals surface area contributed by atoms with Gasteiger partial charge in [-0.3, -0.25) is 0 Å². The molecule has 4 nitrogen and oxygen atoms in total. The number of hydrogen-bond donors (Lipinski definition) is 0. The van der Waals surface area contributed by atoms with Crippen molar-refractivity contribution >= 4 is 54.6 Å². The molecule has 8 aromatic carbocycles. The van der Waals surface area contributed by atoms with Crippen LogP contribution in [0.5, 0.6) is 0 Å². The van der Waals surface area contributed by atoms with Gasteiger partial charge in [0.25, 0.3) is 0 Å². The molecule has 54 heavy (non-hydrogen) atoms. The first-order valence-corrected chi connectivity index (χ1v) is 18.2. The Morgan fingerprint density at radius 2 is 1.00 bits per heavy atom. The van der Waals surface area contributed by atoms with Crippen molar-refractivity contribution in [2.45, 2.75) is 0 Å². The summed E-state index contributed by atoms with van der Waals surface area (Å²) in [5.41, 5.74) is 13.6. The Morgan fingerprint density at radius 1 is 0.389 bits per heavy atom. The molecule has 11 rings (SSSR count). The van der Waals surface area contributed by atoms with Crippen molar-refractivity contribution in [3.8, 4) is 50.6 Å². The van der Waals surface area contributed by atoms with Crippen molar-refractivity contribution in [2.24, 2.45) is 0 Å². The van der Waals surface area contributed by atoms with Crippen molar-refractivity contribution in [3.05, 3.63) is 188 Å². The monoisotopic (exact) mass is 689 g/mol. The summed E-state index contributed by atoms with van der Waals surface area (Å²) >= 11 is 0. The fourth-order valence-corrected chi connectivity index (χ4v) is 8.07. The second-order valence-corrected chi connectivity index (χ2v) is 13.8. The topological polar surface area (TPSA) is 43.9 Å². The van der Waals surface area contributed by atoms with Crippen LogP contribution in [-0.4, -0.2) is 14.5 Å².